The number of sulfonamides is 2. The van der Waals surface area contributed by atoms with E-state index in [1.807, 2.05) is 0 Å². The number of anilines is 1. The number of aromatic carboxylic acids is 1. The molecule has 0 unspecified atom stereocenters. The largest absolute Gasteiger partial charge is 0.478 e. The molecule has 0 aliphatic carbocycles. The van der Waals surface area contributed by atoms with Crippen LogP contribution in [0.25, 0.3) is 0 Å². The van der Waals surface area contributed by atoms with Gasteiger partial charge in [0.25, 0.3) is 10.0 Å². The molecule has 0 saturated heterocycles. The molecule has 0 saturated carbocycles. The molecule has 0 fully saturated rings. The third kappa shape index (κ3) is 3.85. The molecule has 1 aromatic heterocycles. The Hall–Kier alpha value is -2.02. The fourth-order valence-electron chi connectivity index (χ4n) is 1.64. The van der Waals surface area contributed by atoms with E-state index in [2.05, 4.69) is 9.71 Å². The monoisotopic (exact) mass is 377 g/mol. The highest BCUT2D eigenvalue weighted by Crippen LogP contribution is 2.27. The van der Waals surface area contributed by atoms with Crippen molar-refractivity contribution in [3.63, 3.8) is 0 Å². The van der Waals surface area contributed by atoms with Crippen LogP contribution in [0.5, 0.6) is 0 Å². The molecule has 0 amide bonds. The minimum absolute atomic E-state index is 0.0643. The van der Waals surface area contributed by atoms with Crippen LogP contribution in [0.4, 0.5) is 5.13 Å². The molecule has 1 heterocycles. The van der Waals surface area contributed by atoms with E-state index in [0.717, 1.165) is 24.3 Å². The van der Waals surface area contributed by atoms with Gasteiger partial charge >= 0.3 is 5.97 Å². The number of carboxylic acids is 1. The van der Waals surface area contributed by atoms with Crippen molar-refractivity contribution in [3.8, 4) is 0 Å². The molecule has 0 atom stereocenters. The zero-order valence-corrected chi connectivity index (χ0v) is 14.0. The molecule has 2 rings (SSSR count). The van der Waals surface area contributed by atoms with Crippen molar-refractivity contribution < 1.29 is 26.7 Å². The molecule has 2 aromatic rings. The second kappa shape index (κ2) is 5.88. The molecule has 4 N–H and O–H groups in total. The van der Waals surface area contributed by atoms with Gasteiger partial charge in [-0.3, -0.25) is 4.72 Å². The van der Waals surface area contributed by atoms with Crippen LogP contribution >= 0.6 is 11.3 Å². The SMILES string of the molecule is Cc1nc(NS(=O)(=O)c2ccc(C(=O)O)cc2)sc1S(N)(=O)=O. The van der Waals surface area contributed by atoms with Crippen molar-refractivity contribution in [1.82, 2.24) is 4.98 Å². The van der Waals surface area contributed by atoms with Crippen molar-refractivity contribution in [1.29, 1.82) is 0 Å². The Kier molecular flexibility index (Phi) is 4.43. The van der Waals surface area contributed by atoms with Crippen LogP contribution in [0.3, 0.4) is 0 Å². The summed E-state index contributed by atoms with van der Waals surface area (Å²) in [5.74, 6) is -1.18. The number of thiazole rings is 1. The minimum Gasteiger partial charge on any atom is -0.478 e. The van der Waals surface area contributed by atoms with Gasteiger partial charge in [-0.1, -0.05) is 11.3 Å². The Morgan fingerprint density at radius 3 is 2.22 bits per heavy atom. The number of aromatic nitrogens is 1. The van der Waals surface area contributed by atoms with Crippen LogP contribution in [-0.4, -0.2) is 32.9 Å². The summed E-state index contributed by atoms with van der Waals surface area (Å²) in [5, 5.41) is 13.6. The standard InChI is InChI=1S/C11H11N3O6S3/c1-6-10(22(12,17)18)21-11(13-6)14-23(19,20)8-4-2-7(3-5-8)9(15)16/h2-5H,1H3,(H,13,14)(H,15,16)(H2,12,17,18). The lowest BCUT2D eigenvalue weighted by molar-refractivity contribution is 0.0696. The molecular formula is C11H11N3O6S3. The second-order valence-electron chi connectivity index (χ2n) is 4.37. The van der Waals surface area contributed by atoms with E-state index in [-0.39, 0.29) is 25.5 Å². The van der Waals surface area contributed by atoms with Crippen LogP contribution in [0, 0.1) is 6.92 Å². The Morgan fingerprint density at radius 2 is 1.78 bits per heavy atom. The van der Waals surface area contributed by atoms with Gasteiger partial charge in [-0.2, -0.15) is 0 Å². The van der Waals surface area contributed by atoms with Crippen LogP contribution in [0.2, 0.25) is 0 Å². The normalized spacial score (nSPS) is 12.1. The Balaban J connectivity index is 2.33. The van der Waals surface area contributed by atoms with Gasteiger partial charge in [0.05, 0.1) is 16.2 Å². The number of carbonyl (C=O) groups is 1. The number of nitrogens with two attached hydrogens (primary N) is 1. The topological polar surface area (TPSA) is 157 Å². The first-order valence-electron chi connectivity index (χ1n) is 5.87. The number of carboxylic acid groups (broad SMARTS) is 1. The number of hydrogen-bond donors (Lipinski definition) is 3. The van der Waals surface area contributed by atoms with Gasteiger partial charge in [0.1, 0.15) is 0 Å². The Morgan fingerprint density at radius 1 is 1.22 bits per heavy atom. The summed E-state index contributed by atoms with van der Waals surface area (Å²) in [5.41, 5.74) is 0.0157. The van der Waals surface area contributed by atoms with Gasteiger partial charge in [-0.05, 0) is 31.2 Å². The maximum Gasteiger partial charge on any atom is 0.335 e. The van der Waals surface area contributed by atoms with Gasteiger partial charge in [0.15, 0.2) is 9.34 Å². The highest BCUT2D eigenvalue weighted by Gasteiger charge is 2.22. The molecule has 0 aliphatic rings. The summed E-state index contributed by atoms with van der Waals surface area (Å²) in [7, 11) is -8.03. The van der Waals surface area contributed by atoms with E-state index in [4.69, 9.17) is 10.2 Å². The summed E-state index contributed by atoms with van der Waals surface area (Å²) in [6, 6.07) is 4.51. The number of primary sulfonamides is 1. The lowest BCUT2D eigenvalue weighted by Crippen LogP contribution is -2.13. The molecule has 124 valence electrons. The number of nitrogens with zero attached hydrogens (tertiary/aromatic N) is 1. The Bertz CT molecular complexity index is 961. The molecule has 12 heteroatoms. The summed E-state index contributed by atoms with van der Waals surface area (Å²) in [6.07, 6.45) is 0. The van der Waals surface area contributed by atoms with E-state index in [9.17, 15) is 21.6 Å². The minimum atomic E-state index is -4.04. The van der Waals surface area contributed by atoms with Crippen molar-refractivity contribution in [2.45, 2.75) is 16.0 Å². The summed E-state index contributed by atoms with van der Waals surface area (Å²) < 4.78 is 48.9. The van der Waals surface area contributed by atoms with Gasteiger partial charge in [0.2, 0.25) is 10.0 Å². The fourth-order valence-corrected chi connectivity index (χ4v) is 4.73. The maximum absolute atomic E-state index is 12.2. The predicted molar refractivity (Wildman–Crippen MR) is 82.4 cm³/mol. The summed E-state index contributed by atoms with van der Waals surface area (Å²) in [6.45, 7) is 1.38. The number of benzene rings is 1. The molecule has 0 spiro atoms. The van der Waals surface area contributed by atoms with Gasteiger partial charge in [-0.15, -0.1) is 0 Å². The maximum atomic E-state index is 12.2. The van der Waals surface area contributed by atoms with Gasteiger partial charge in [0, 0.05) is 0 Å². The zero-order chi connectivity index (χ0) is 17.4. The lowest BCUT2D eigenvalue weighted by Gasteiger charge is -2.05. The van der Waals surface area contributed by atoms with E-state index < -0.39 is 26.0 Å². The van der Waals surface area contributed by atoms with Gasteiger partial charge in [-0.25, -0.2) is 31.8 Å². The number of rotatable bonds is 5. The lowest BCUT2D eigenvalue weighted by atomic mass is 10.2. The van der Waals surface area contributed by atoms with E-state index in [1.54, 1.807) is 0 Å². The molecular weight excluding hydrogens is 366 g/mol. The second-order valence-corrected chi connectivity index (χ2v) is 8.81. The highest BCUT2D eigenvalue weighted by molar-refractivity contribution is 7.93. The number of aryl methyl sites for hydroxylation is 1. The highest BCUT2D eigenvalue weighted by atomic mass is 32.2. The first kappa shape index (κ1) is 17.3. The van der Waals surface area contributed by atoms with Crippen molar-refractivity contribution in [3.05, 3.63) is 35.5 Å². The average molecular weight is 377 g/mol. The van der Waals surface area contributed by atoms with Crippen LogP contribution in [-0.2, 0) is 20.0 Å². The predicted octanol–water partition coefficient (Wildman–Crippen LogP) is 0.598. The molecule has 0 radical (unpaired) electrons. The smallest absolute Gasteiger partial charge is 0.335 e. The average Bonchev–Trinajstić information content (AvgIpc) is 2.79. The molecule has 0 aliphatic heterocycles. The summed E-state index contributed by atoms with van der Waals surface area (Å²) >= 11 is 0.588. The van der Waals surface area contributed by atoms with Gasteiger partial charge < -0.3 is 5.11 Å². The van der Waals surface area contributed by atoms with Crippen LogP contribution in [0.15, 0.2) is 33.4 Å². The van der Waals surface area contributed by atoms with E-state index >= 15 is 0 Å². The third-order valence-electron chi connectivity index (χ3n) is 2.65. The molecule has 0 bridgehead atoms. The van der Waals surface area contributed by atoms with Crippen molar-refractivity contribution >= 4 is 42.5 Å². The van der Waals surface area contributed by atoms with E-state index in [1.165, 1.54) is 6.92 Å². The van der Waals surface area contributed by atoms with Crippen LogP contribution < -0.4 is 9.86 Å². The number of hydrogen-bond acceptors (Lipinski definition) is 7. The molecule has 9 nitrogen and oxygen atoms in total. The quantitative estimate of drug-likeness (QED) is 0.688. The van der Waals surface area contributed by atoms with Crippen LogP contribution in [0.1, 0.15) is 16.1 Å². The van der Waals surface area contributed by atoms with Crippen molar-refractivity contribution in [2.24, 2.45) is 5.14 Å². The molecule has 1 aromatic carbocycles. The first-order chi connectivity index (χ1) is 10.5. The third-order valence-corrected chi connectivity index (χ3v) is 6.76. The number of nitrogens with one attached hydrogen (secondary N) is 1. The Labute approximate surface area is 135 Å². The zero-order valence-electron chi connectivity index (χ0n) is 11.5. The van der Waals surface area contributed by atoms with Crippen molar-refractivity contribution in [2.75, 3.05) is 4.72 Å². The fraction of sp³-hybridized carbons (Fsp3) is 0.0909. The molecule has 23 heavy (non-hydrogen) atoms. The first-order valence-corrected chi connectivity index (χ1v) is 9.72. The summed E-state index contributed by atoms with van der Waals surface area (Å²) in [4.78, 5) is 14.4. The van der Waals surface area contributed by atoms with E-state index in [0.29, 0.717) is 11.3 Å².